The molecule has 0 radical (unpaired) electrons. The summed E-state index contributed by atoms with van der Waals surface area (Å²) in [5.74, 6) is 1.09. The summed E-state index contributed by atoms with van der Waals surface area (Å²) in [6.45, 7) is 48.8. The normalized spacial score (nSPS) is 10.6. The monoisotopic (exact) mass is 1420 g/mol. The Morgan fingerprint density at radius 2 is 0.571 bits per heavy atom. The standard InChI is InChI=1S/C94H40N18/c1-102-70-25-17-56(18-26-70)59-19-27-82(111-85-30-22-62(90-66(50-98)34-55(48-96)36-80(90)106-5)43-76(85)77-44-63(23-31-86(77)111)91-69(53-101)39-72(104-3)46-81(91)107-6)73(40-59)78-45-64(94-109-92(57-13-9-7-10-14-57)108-93(110-94)58-15-11-8-12-16-58)24-32-87(78)112-83-28-20-60(88-67(51-99)37-71(103-2)38-68(88)52-100)41-74(83)75-42-61(21-29-84(75)112)89-65(49-97)33-54(47-95)35-79(89)105-4/h7-46H. The van der Waals surface area contributed by atoms with Crippen molar-refractivity contribution in [2.24, 2.45) is 0 Å². The third-order valence-electron chi connectivity index (χ3n) is 19.7. The van der Waals surface area contributed by atoms with Crippen LogP contribution in [0.3, 0.4) is 0 Å². The number of aromatic nitrogens is 5. The number of rotatable bonds is 11. The average molecular weight is 1420 g/mol. The summed E-state index contributed by atoms with van der Waals surface area (Å²) in [6.07, 6.45) is 0. The zero-order valence-corrected chi connectivity index (χ0v) is 58.1. The van der Waals surface area contributed by atoms with Gasteiger partial charge in [-0.1, -0.05) is 121 Å². The molecule has 0 fully saturated rings. The molecule has 18 nitrogen and oxygen atoms in total. The van der Waals surface area contributed by atoms with Crippen molar-refractivity contribution in [1.29, 1.82) is 36.8 Å². The van der Waals surface area contributed by atoms with Gasteiger partial charge in [0.25, 0.3) is 0 Å². The van der Waals surface area contributed by atoms with Crippen molar-refractivity contribution < 1.29 is 0 Å². The first-order valence-corrected chi connectivity index (χ1v) is 34.1. The summed E-state index contributed by atoms with van der Waals surface area (Å²) in [6, 6.07) is 87.5. The predicted octanol–water partition coefficient (Wildman–Crippen LogP) is 23.5. The maximum atomic E-state index is 10.8. The van der Waals surface area contributed by atoms with E-state index in [1.54, 1.807) is 12.1 Å². The van der Waals surface area contributed by atoms with Gasteiger partial charge in [0.15, 0.2) is 51.6 Å². The molecule has 16 rings (SSSR count). The van der Waals surface area contributed by atoms with Crippen LogP contribution in [0.2, 0.25) is 0 Å². The zero-order valence-electron chi connectivity index (χ0n) is 58.1. The van der Waals surface area contributed by atoms with Gasteiger partial charge in [0, 0.05) is 88.3 Å². The summed E-state index contributed by atoms with van der Waals surface area (Å²) in [5, 5.41) is 76.5. The average Bonchev–Trinajstić information content (AvgIpc) is 1.65. The van der Waals surface area contributed by atoms with E-state index in [0.29, 0.717) is 134 Å². The van der Waals surface area contributed by atoms with E-state index >= 15 is 0 Å². The smallest absolute Gasteiger partial charge is 0.197 e. The van der Waals surface area contributed by atoms with Crippen LogP contribution in [-0.4, -0.2) is 24.1 Å². The van der Waals surface area contributed by atoms with Crippen LogP contribution in [0.4, 0.5) is 34.1 Å². The summed E-state index contributed by atoms with van der Waals surface area (Å²) in [5.41, 5.74) is 12.8. The molecule has 0 saturated carbocycles. The van der Waals surface area contributed by atoms with E-state index in [-0.39, 0.29) is 72.9 Å². The van der Waals surface area contributed by atoms with E-state index in [1.165, 1.54) is 48.5 Å². The first-order chi connectivity index (χ1) is 54.9. The largest absolute Gasteiger partial charge is 0.309 e. The molecule has 0 aliphatic rings. The molecule has 0 amide bonds. The minimum atomic E-state index is 0.0666. The van der Waals surface area contributed by atoms with Crippen molar-refractivity contribution >= 4 is 77.7 Å². The first-order valence-electron chi connectivity index (χ1n) is 34.1. The van der Waals surface area contributed by atoms with Crippen LogP contribution in [0.15, 0.2) is 243 Å². The molecule has 16 aromatic rings. The lowest BCUT2D eigenvalue weighted by Gasteiger charge is -2.21. The van der Waals surface area contributed by atoms with Crippen molar-refractivity contribution in [2.45, 2.75) is 0 Å². The zero-order chi connectivity index (χ0) is 77.4. The lowest BCUT2D eigenvalue weighted by Crippen LogP contribution is -2.04. The van der Waals surface area contributed by atoms with E-state index < -0.39 is 0 Å². The highest BCUT2D eigenvalue weighted by Crippen LogP contribution is 2.49. The molecule has 0 spiro atoms. The molecule has 0 aliphatic carbocycles. The van der Waals surface area contributed by atoms with Gasteiger partial charge in [0.2, 0.25) is 0 Å². The lowest BCUT2D eigenvalue weighted by molar-refractivity contribution is 1.07. The third kappa shape index (κ3) is 11.6. The Bertz CT molecular complexity index is 6970. The molecule has 506 valence electrons. The Kier molecular flexibility index (Phi) is 17.1. The van der Waals surface area contributed by atoms with Gasteiger partial charge in [-0.25, -0.2) is 44.0 Å². The second-order valence-electron chi connectivity index (χ2n) is 25.7. The highest BCUT2D eigenvalue weighted by atomic mass is 15.0. The van der Waals surface area contributed by atoms with Crippen molar-refractivity contribution in [2.75, 3.05) is 0 Å². The molecule has 3 heterocycles. The quantitative estimate of drug-likeness (QED) is 0.111. The number of nitrogens with zero attached hydrogens (tertiary/aromatic N) is 18. The molecule has 0 unspecified atom stereocenters. The Morgan fingerprint density at radius 3 is 0.946 bits per heavy atom. The molecule has 0 saturated heterocycles. The molecule has 3 aromatic heterocycles. The second kappa shape index (κ2) is 28.1. The van der Waals surface area contributed by atoms with Crippen LogP contribution in [-0.2, 0) is 0 Å². The molecule has 18 heteroatoms. The van der Waals surface area contributed by atoms with Crippen LogP contribution in [0.25, 0.3) is 185 Å². The fourth-order valence-corrected chi connectivity index (χ4v) is 14.7. The molecular formula is C94H40N18. The number of nitriles is 7. The first kappa shape index (κ1) is 68.3. The van der Waals surface area contributed by atoms with Crippen molar-refractivity contribution in [3.05, 3.63) is 350 Å². The Morgan fingerprint density at radius 1 is 0.250 bits per heavy atom. The Balaban J connectivity index is 1.06. The number of hydrogen-bond acceptors (Lipinski definition) is 10. The fourth-order valence-electron chi connectivity index (χ4n) is 14.7. The van der Waals surface area contributed by atoms with E-state index in [2.05, 4.69) is 86.8 Å². The van der Waals surface area contributed by atoms with Crippen LogP contribution in [0, 0.1) is 119 Å². The minimum Gasteiger partial charge on any atom is -0.309 e. The summed E-state index contributed by atoms with van der Waals surface area (Å²) in [4.78, 5) is 38.0. The molecular weight excluding hydrogens is 1380 g/mol. The van der Waals surface area contributed by atoms with E-state index in [9.17, 15) is 36.8 Å². The maximum Gasteiger partial charge on any atom is 0.197 e. The van der Waals surface area contributed by atoms with Gasteiger partial charge in [0.05, 0.1) is 138 Å². The van der Waals surface area contributed by atoms with Gasteiger partial charge in [0.1, 0.15) is 0 Å². The number of benzene rings is 13. The Hall–Kier alpha value is -18.2. The second-order valence-corrected chi connectivity index (χ2v) is 25.7. The molecule has 13 aromatic carbocycles. The van der Waals surface area contributed by atoms with Gasteiger partial charge in [-0.2, -0.15) is 36.8 Å². The summed E-state index contributed by atoms with van der Waals surface area (Å²) < 4.78 is 4.17. The van der Waals surface area contributed by atoms with Crippen LogP contribution >= 0.6 is 0 Å². The van der Waals surface area contributed by atoms with Gasteiger partial charge >= 0.3 is 0 Å². The number of hydrogen-bond donors (Lipinski definition) is 0. The highest BCUT2D eigenvalue weighted by Gasteiger charge is 2.28. The van der Waals surface area contributed by atoms with Crippen LogP contribution < -0.4 is 0 Å². The maximum absolute atomic E-state index is 10.8. The predicted molar refractivity (Wildman–Crippen MR) is 428 cm³/mol. The third-order valence-corrected chi connectivity index (χ3v) is 19.7. The summed E-state index contributed by atoms with van der Waals surface area (Å²) in [7, 11) is 0. The molecule has 0 atom stereocenters. The minimum absolute atomic E-state index is 0.0666. The van der Waals surface area contributed by atoms with Crippen molar-refractivity contribution in [3.63, 3.8) is 0 Å². The number of fused-ring (bicyclic) bond motifs is 6. The van der Waals surface area contributed by atoms with Gasteiger partial charge in [-0.3, -0.25) is 0 Å². The van der Waals surface area contributed by atoms with E-state index in [4.69, 9.17) is 54.4 Å². The molecule has 0 bridgehead atoms. The molecule has 0 aliphatic heterocycles. The van der Waals surface area contributed by atoms with E-state index in [1.807, 2.05) is 176 Å². The fraction of sp³-hybridized carbons (Fsp3) is 0. The SMILES string of the molecule is [C-]#[N+]c1ccc(-c2ccc(-n3c4ccc(-c5c(C#N)cc(C#N)cc5[N+]#[C-])cc4c4cc(-c5c(C#N)cc([N+]#[C-])cc5[N+]#[C-])ccc43)c(-c3cc(-c4nc(-c5ccccc5)nc(-c5ccccc5)n4)ccc3-n3c4ccc(-c5c(C#N)cc([N+]#[C-])cc5C#N)cc4c4cc(-c5c(C#N)cc(C#N)cc5[N+]#[C-])ccc43)c2)cc1. The van der Waals surface area contributed by atoms with Crippen LogP contribution in [0.5, 0.6) is 0 Å². The van der Waals surface area contributed by atoms with Crippen molar-refractivity contribution in [3.8, 4) is 155 Å². The van der Waals surface area contributed by atoms with E-state index in [0.717, 1.165) is 22.3 Å². The van der Waals surface area contributed by atoms with Crippen molar-refractivity contribution in [1.82, 2.24) is 24.1 Å². The Labute approximate surface area is 639 Å². The summed E-state index contributed by atoms with van der Waals surface area (Å²) >= 11 is 0. The van der Waals surface area contributed by atoms with Gasteiger partial charge in [-0.05, 0) is 155 Å². The topological polar surface area (TPSA) is 241 Å². The molecule has 0 N–H and O–H groups in total. The van der Waals surface area contributed by atoms with Gasteiger partial charge in [-0.15, -0.1) is 0 Å². The lowest BCUT2D eigenvalue weighted by atomic mass is 9.92. The van der Waals surface area contributed by atoms with Crippen LogP contribution in [0.1, 0.15) is 38.9 Å². The van der Waals surface area contributed by atoms with Gasteiger partial charge < -0.3 is 9.13 Å². The highest BCUT2D eigenvalue weighted by molar-refractivity contribution is 6.15. The molecule has 112 heavy (non-hydrogen) atoms.